The van der Waals surface area contributed by atoms with Crippen LogP contribution in [0.2, 0.25) is 0 Å². The minimum absolute atomic E-state index is 0.0904. The maximum atomic E-state index is 12.4. The first kappa shape index (κ1) is 24.2. The largest absolute Gasteiger partial charge is 0.453 e. The highest BCUT2D eigenvalue weighted by molar-refractivity contribution is 5.83. The van der Waals surface area contributed by atoms with Crippen molar-refractivity contribution >= 4 is 29.0 Å². The van der Waals surface area contributed by atoms with Crippen molar-refractivity contribution in [2.24, 2.45) is 5.92 Å². The lowest BCUT2D eigenvalue weighted by Gasteiger charge is -2.29. The van der Waals surface area contributed by atoms with E-state index in [1.807, 2.05) is 0 Å². The molecule has 2 saturated heterocycles. The lowest BCUT2D eigenvalue weighted by molar-refractivity contribution is -0.137. The van der Waals surface area contributed by atoms with Crippen LogP contribution in [0.15, 0.2) is 6.33 Å². The minimum atomic E-state index is -1.41. The Hall–Kier alpha value is -3.47. The second-order valence-corrected chi connectivity index (χ2v) is 9.37. The standard InChI is InChI=1S/C23H29N7O6/c1-35-23(34)29-9-7-12(8-10-29)3-2-4-14-27-19(24)15-20(28-14)30(11-25-15)22-17(32)16(31)18(36-22)21(33)26-13-5-6-13/h11-13,16-18,22,31-32H,3,5-10H2,1H3,(H,26,33)(H2,24,27,28). The number of aliphatic hydroxyl groups is 2. The molecule has 0 bridgehead atoms. The topological polar surface area (TPSA) is 178 Å². The van der Waals surface area contributed by atoms with E-state index in [1.165, 1.54) is 18.0 Å². The molecule has 3 fully saturated rings. The number of carbonyl (C=O) groups excluding carboxylic acids is 2. The average molecular weight is 500 g/mol. The fourth-order valence-corrected chi connectivity index (χ4v) is 4.52. The molecule has 3 aliphatic rings. The van der Waals surface area contributed by atoms with E-state index in [2.05, 4.69) is 32.1 Å². The number of aromatic nitrogens is 4. The fourth-order valence-electron chi connectivity index (χ4n) is 4.52. The number of nitrogen functional groups attached to an aromatic ring is 1. The number of hydrogen-bond donors (Lipinski definition) is 4. The van der Waals surface area contributed by atoms with Crippen LogP contribution in [0.1, 0.15) is 44.2 Å². The summed E-state index contributed by atoms with van der Waals surface area (Å²) in [6, 6.07) is 0.0904. The molecule has 0 aromatic carbocycles. The summed E-state index contributed by atoms with van der Waals surface area (Å²) < 4.78 is 11.9. The van der Waals surface area contributed by atoms with Crippen molar-refractivity contribution in [3.63, 3.8) is 0 Å². The van der Waals surface area contributed by atoms with Crippen molar-refractivity contribution in [2.45, 2.75) is 62.7 Å². The summed E-state index contributed by atoms with van der Waals surface area (Å²) in [5.74, 6) is 6.21. The molecule has 2 aromatic heterocycles. The summed E-state index contributed by atoms with van der Waals surface area (Å²) >= 11 is 0. The van der Waals surface area contributed by atoms with Gasteiger partial charge in [-0.15, -0.1) is 0 Å². The Morgan fingerprint density at radius 3 is 2.67 bits per heavy atom. The average Bonchev–Trinajstić information content (AvgIpc) is 3.51. The Labute approximate surface area is 207 Å². The van der Waals surface area contributed by atoms with Gasteiger partial charge in [0, 0.05) is 25.6 Å². The van der Waals surface area contributed by atoms with E-state index in [0.29, 0.717) is 30.9 Å². The second kappa shape index (κ2) is 9.88. The highest BCUT2D eigenvalue weighted by Crippen LogP contribution is 2.33. The predicted molar refractivity (Wildman–Crippen MR) is 125 cm³/mol. The number of imidazole rings is 1. The third-order valence-corrected chi connectivity index (χ3v) is 6.78. The molecule has 4 unspecified atom stereocenters. The zero-order valence-electron chi connectivity index (χ0n) is 19.8. The molecule has 2 aromatic rings. The van der Waals surface area contributed by atoms with Crippen LogP contribution in [-0.2, 0) is 14.3 Å². The summed E-state index contributed by atoms with van der Waals surface area (Å²) in [7, 11) is 1.38. The summed E-state index contributed by atoms with van der Waals surface area (Å²) in [5, 5.41) is 23.8. The molecule has 5 N–H and O–H groups in total. The Morgan fingerprint density at radius 1 is 1.22 bits per heavy atom. The number of fused-ring (bicyclic) bond motifs is 1. The molecule has 13 nitrogen and oxygen atoms in total. The fraction of sp³-hybridized carbons (Fsp3) is 0.609. The first-order chi connectivity index (χ1) is 17.4. The van der Waals surface area contributed by atoms with E-state index >= 15 is 0 Å². The van der Waals surface area contributed by atoms with Gasteiger partial charge in [-0.2, -0.15) is 0 Å². The van der Waals surface area contributed by atoms with Gasteiger partial charge in [-0.3, -0.25) is 9.36 Å². The van der Waals surface area contributed by atoms with E-state index in [-0.39, 0.29) is 29.4 Å². The molecule has 36 heavy (non-hydrogen) atoms. The summed E-state index contributed by atoms with van der Waals surface area (Å²) in [4.78, 5) is 38.6. The zero-order chi connectivity index (χ0) is 25.4. The number of nitrogens with zero attached hydrogens (tertiary/aromatic N) is 5. The van der Waals surface area contributed by atoms with Gasteiger partial charge in [0.2, 0.25) is 5.82 Å². The van der Waals surface area contributed by atoms with Gasteiger partial charge in [-0.1, -0.05) is 5.92 Å². The molecule has 4 heterocycles. The normalized spacial score (nSPS) is 26.5. The van der Waals surface area contributed by atoms with E-state index < -0.39 is 30.4 Å². The molecule has 192 valence electrons. The van der Waals surface area contributed by atoms with Crippen LogP contribution in [-0.4, -0.2) is 91.2 Å². The number of ether oxygens (including phenoxy) is 2. The van der Waals surface area contributed by atoms with E-state index in [4.69, 9.17) is 15.2 Å². The van der Waals surface area contributed by atoms with Gasteiger partial charge in [0.15, 0.2) is 23.8 Å². The van der Waals surface area contributed by atoms with Crippen LogP contribution in [0.25, 0.3) is 11.2 Å². The zero-order valence-corrected chi connectivity index (χ0v) is 19.8. The number of amides is 2. The number of carbonyl (C=O) groups is 2. The van der Waals surface area contributed by atoms with Crippen molar-refractivity contribution in [3.8, 4) is 11.8 Å². The number of rotatable bonds is 4. The number of hydrogen-bond acceptors (Lipinski definition) is 10. The van der Waals surface area contributed by atoms with Crippen LogP contribution in [0, 0.1) is 17.8 Å². The van der Waals surface area contributed by atoms with Gasteiger partial charge in [0.1, 0.15) is 17.7 Å². The molecule has 5 rings (SSSR count). The number of piperidine rings is 1. The van der Waals surface area contributed by atoms with E-state index in [1.54, 1.807) is 4.90 Å². The summed E-state index contributed by atoms with van der Waals surface area (Å²) in [6.07, 6.45) is 0.0242. The van der Waals surface area contributed by atoms with Gasteiger partial charge >= 0.3 is 6.09 Å². The Morgan fingerprint density at radius 2 is 1.97 bits per heavy atom. The molecular weight excluding hydrogens is 470 g/mol. The SMILES string of the molecule is COC(=O)N1CCC(CC#Cc2nc(N)c3ncn(C4OC(C(=O)NC5CC5)C(O)C4O)c3n2)CC1. The third-order valence-electron chi connectivity index (χ3n) is 6.78. The highest BCUT2D eigenvalue weighted by Gasteiger charge is 2.48. The van der Waals surface area contributed by atoms with Gasteiger partial charge in [-0.25, -0.2) is 19.7 Å². The van der Waals surface area contributed by atoms with Crippen LogP contribution in [0.5, 0.6) is 0 Å². The van der Waals surface area contributed by atoms with Gasteiger partial charge in [0.05, 0.1) is 13.4 Å². The summed E-state index contributed by atoms with van der Waals surface area (Å²) in [5.41, 5.74) is 6.65. The lowest BCUT2D eigenvalue weighted by Crippen LogP contribution is -2.43. The van der Waals surface area contributed by atoms with Crippen LogP contribution < -0.4 is 11.1 Å². The van der Waals surface area contributed by atoms with Gasteiger partial charge < -0.3 is 35.6 Å². The van der Waals surface area contributed by atoms with Gasteiger partial charge in [-0.05, 0) is 37.5 Å². The van der Waals surface area contributed by atoms with Crippen molar-refractivity contribution in [1.82, 2.24) is 29.7 Å². The smallest absolute Gasteiger partial charge is 0.409 e. The summed E-state index contributed by atoms with van der Waals surface area (Å²) in [6.45, 7) is 1.26. The first-order valence-electron chi connectivity index (χ1n) is 12.0. The number of likely N-dealkylation sites (tertiary alicyclic amines) is 1. The van der Waals surface area contributed by atoms with Crippen molar-refractivity contribution < 1.29 is 29.3 Å². The van der Waals surface area contributed by atoms with E-state index in [9.17, 15) is 19.8 Å². The van der Waals surface area contributed by atoms with Crippen LogP contribution in [0.4, 0.5) is 10.6 Å². The highest BCUT2D eigenvalue weighted by atomic mass is 16.6. The number of aliphatic hydroxyl groups excluding tert-OH is 2. The van der Waals surface area contributed by atoms with Gasteiger partial charge in [0.25, 0.3) is 5.91 Å². The predicted octanol–water partition coefficient (Wildman–Crippen LogP) is -0.474. The third kappa shape index (κ3) is 4.79. The van der Waals surface area contributed by atoms with E-state index in [0.717, 1.165) is 25.7 Å². The Kier molecular flexibility index (Phi) is 6.65. The molecule has 4 atom stereocenters. The molecular formula is C23H29N7O6. The molecule has 0 spiro atoms. The molecule has 1 aliphatic carbocycles. The number of methoxy groups -OCH3 is 1. The number of anilines is 1. The van der Waals surface area contributed by atoms with Crippen molar-refractivity contribution in [2.75, 3.05) is 25.9 Å². The van der Waals surface area contributed by atoms with Crippen molar-refractivity contribution in [3.05, 3.63) is 12.2 Å². The van der Waals surface area contributed by atoms with Crippen LogP contribution >= 0.6 is 0 Å². The van der Waals surface area contributed by atoms with Crippen molar-refractivity contribution in [1.29, 1.82) is 0 Å². The second-order valence-electron chi connectivity index (χ2n) is 9.37. The lowest BCUT2D eigenvalue weighted by atomic mass is 9.94. The molecule has 13 heteroatoms. The Balaban J connectivity index is 1.29. The minimum Gasteiger partial charge on any atom is -0.453 e. The number of nitrogens with one attached hydrogen (secondary N) is 1. The first-order valence-corrected chi connectivity index (χ1v) is 12.0. The number of nitrogens with two attached hydrogens (primary N) is 1. The molecule has 1 saturated carbocycles. The quantitative estimate of drug-likeness (QED) is 0.402. The molecule has 2 aliphatic heterocycles. The maximum Gasteiger partial charge on any atom is 0.409 e. The maximum absolute atomic E-state index is 12.4. The molecule has 0 radical (unpaired) electrons. The monoisotopic (exact) mass is 499 g/mol. The molecule has 2 amide bonds. The van der Waals surface area contributed by atoms with Crippen LogP contribution in [0.3, 0.4) is 0 Å². The Bertz CT molecular complexity index is 1210.